The predicted molar refractivity (Wildman–Crippen MR) is 124 cm³/mol. The largest absolute Gasteiger partial charge is 0.456 e. The summed E-state index contributed by atoms with van der Waals surface area (Å²) in [5, 5.41) is 0.869. The Hall–Kier alpha value is -3.64. The van der Waals surface area contributed by atoms with Crippen LogP contribution in [0.15, 0.2) is 77.7 Å². The molecule has 2 aromatic carbocycles. The summed E-state index contributed by atoms with van der Waals surface area (Å²) in [5.41, 5.74) is 2.71. The number of para-hydroxylation sites is 1. The van der Waals surface area contributed by atoms with Crippen molar-refractivity contribution in [3.05, 3.63) is 83.3 Å². The summed E-state index contributed by atoms with van der Waals surface area (Å²) in [6, 6.07) is 21.2. The molecule has 4 aromatic rings. The van der Waals surface area contributed by atoms with Gasteiger partial charge in [-0.3, -0.25) is 4.79 Å². The van der Waals surface area contributed by atoms with Crippen molar-refractivity contribution in [1.82, 2.24) is 14.9 Å². The lowest BCUT2D eigenvalue weighted by Crippen LogP contribution is -2.44. The van der Waals surface area contributed by atoms with Crippen molar-refractivity contribution < 1.29 is 4.74 Å². The minimum absolute atomic E-state index is 0.184. The zero-order chi connectivity index (χ0) is 21.2. The van der Waals surface area contributed by atoms with E-state index in [9.17, 15) is 4.79 Å². The molecule has 6 heteroatoms. The van der Waals surface area contributed by atoms with Crippen LogP contribution in [-0.4, -0.2) is 48.1 Å². The summed E-state index contributed by atoms with van der Waals surface area (Å²) in [4.78, 5) is 24.1. The molecule has 5 rings (SSSR count). The second kappa shape index (κ2) is 8.24. The summed E-state index contributed by atoms with van der Waals surface area (Å²) < 4.78 is 6.14. The van der Waals surface area contributed by atoms with Crippen LogP contribution in [0.2, 0.25) is 0 Å². The van der Waals surface area contributed by atoms with Crippen LogP contribution in [0.3, 0.4) is 0 Å². The van der Waals surface area contributed by atoms with Crippen LogP contribution in [0, 0.1) is 0 Å². The van der Waals surface area contributed by atoms with Gasteiger partial charge in [0.05, 0.1) is 5.52 Å². The van der Waals surface area contributed by atoms with Gasteiger partial charge in [0.15, 0.2) is 0 Å². The molecule has 0 saturated carbocycles. The Kier molecular flexibility index (Phi) is 5.14. The Labute approximate surface area is 180 Å². The molecule has 0 atom stereocenters. The molecule has 0 amide bonds. The van der Waals surface area contributed by atoms with Crippen molar-refractivity contribution in [2.45, 2.75) is 0 Å². The van der Waals surface area contributed by atoms with Gasteiger partial charge in [-0.15, -0.1) is 0 Å². The molecular formula is C25H24N4O2. The highest BCUT2D eigenvalue weighted by Gasteiger charge is 2.16. The van der Waals surface area contributed by atoms with Crippen molar-refractivity contribution in [3.8, 4) is 22.6 Å². The Morgan fingerprint density at radius 3 is 2.58 bits per heavy atom. The van der Waals surface area contributed by atoms with Crippen LogP contribution in [0.25, 0.3) is 22.0 Å². The van der Waals surface area contributed by atoms with Gasteiger partial charge in [-0.25, -0.2) is 4.98 Å². The number of pyridine rings is 2. The van der Waals surface area contributed by atoms with E-state index in [2.05, 4.69) is 38.9 Å². The van der Waals surface area contributed by atoms with Gasteiger partial charge in [0.25, 0.3) is 5.56 Å². The third-order valence-corrected chi connectivity index (χ3v) is 5.68. The van der Waals surface area contributed by atoms with E-state index < -0.39 is 0 Å². The number of H-pyrrole nitrogens is 1. The van der Waals surface area contributed by atoms with Gasteiger partial charge in [-0.2, -0.15) is 0 Å². The monoisotopic (exact) mass is 412 g/mol. The average Bonchev–Trinajstić information content (AvgIpc) is 2.80. The molecule has 0 spiro atoms. The molecule has 1 aliphatic rings. The van der Waals surface area contributed by atoms with Gasteiger partial charge in [0.1, 0.15) is 17.3 Å². The van der Waals surface area contributed by atoms with Crippen molar-refractivity contribution in [1.29, 1.82) is 0 Å². The van der Waals surface area contributed by atoms with Crippen molar-refractivity contribution in [2.75, 3.05) is 38.1 Å². The maximum Gasteiger partial charge on any atom is 0.252 e. The highest BCUT2D eigenvalue weighted by Crippen LogP contribution is 2.31. The maximum atomic E-state index is 12.0. The molecule has 31 heavy (non-hydrogen) atoms. The first-order valence-corrected chi connectivity index (χ1v) is 10.5. The summed E-state index contributed by atoms with van der Waals surface area (Å²) in [6.45, 7) is 4.04. The van der Waals surface area contributed by atoms with Crippen molar-refractivity contribution >= 4 is 16.7 Å². The first kappa shape index (κ1) is 19.3. The summed E-state index contributed by atoms with van der Waals surface area (Å²) in [7, 11) is 2.15. The molecule has 0 radical (unpaired) electrons. The van der Waals surface area contributed by atoms with Gasteiger partial charge in [0.2, 0.25) is 0 Å². The van der Waals surface area contributed by atoms with Gasteiger partial charge >= 0.3 is 0 Å². The first-order chi connectivity index (χ1) is 15.2. The molecule has 0 aliphatic carbocycles. The second-order valence-corrected chi connectivity index (χ2v) is 7.87. The van der Waals surface area contributed by atoms with E-state index in [0.717, 1.165) is 54.0 Å². The fraction of sp³-hybridized carbons (Fsp3) is 0.200. The minimum Gasteiger partial charge on any atom is -0.456 e. The Morgan fingerprint density at radius 1 is 0.903 bits per heavy atom. The van der Waals surface area contributed by atoms with E-state index in [4.69, 9.17) is 4.74 Å². The van der Waals surface area contributed by atoms with Gasteiger partial charge in [-0.05, 0) is 54.6 Å². The highest BCUT2D eigenvalue weighted by atomic mass is 16.5. The maximum absolute atomic E-state index is 12.0. The number of hydrogen-bond donors (Lipinski definition) is 1. The standard InChI is InChI=1S/C25H24N4O2/c1-28-11-13-29(14-12-28)24-16-19(9-10-26-24)18-5-4-6-20(15-18)31-23-17-25(30)27-22-8-3-2-7-21(22)23/h2-10,15-17H,11-14H2,1H3,(H,27,30). The summed E-state index contributed by atoms with van der Waals surface area (Å²) in [5.74, 6) is 2.23. The fourth-order valence-corrected chi connectivity index (χ4v) is 3.93. The van der Waals surface area contributed by atoms with Crippen LogP contribution < -0.4 is 15.2 Å². The lowest BCUT2D eigenvalue weighted by atomic mass is 10.1. The topological polar surface area (TPSA) is 61.5 Å². The summed E-state index contributed by atoms with van der Waals surface area (Å²) in [6.07, 6.45) is 1.86. The number of ether oxygens (including phenoxy) is 1. The van der Waals surface area contributed by atoms with Gasteiger partial charge in [-0.1, -0.05) is 24.3 Å². The fourth-order valence-electron chi connectivity index (χ4n) is 3.93. The number of hydrogen-bond acceptors (Lipinski definition) is 5. The number of aromatic amines is 1. The smallest absolute Gasteiger partial charge is 0.252 e. The van der Waals surface area contributed by atoms with Crippen LogP contribution in [0.4, 0.5) is 5.82 Å². The number of nitrogens with one attached hydrogen (secondary N) is 1. The molecule has 1 aliphatic heterocycles. The quantitative estimate of drug-likeness (QED) is 0.546. The molecule has 1 N–H and O–H groups in total. The van der Waals surface area contributed by atoms with E-state index in [1.165, 1.54) is 6.07 Å². The number of benzene rings is 2. The second-order valence-electron chi connectivity index (χ2n) is 7.87. The predicted octanol–water partition coefficient (Wildman–Crippen LogP) is 4.13. The lowest BCUT2D eigenvalue weighted by Gasteiger charge is -2.33. The van der Waals surface area contributed by atoms with E-state index in [0.29, 0.717) is 11.5 Å². The van der Waals surface area contributed by atoms with Crippen LogP contribution in [0.5, 0.6) is 11.5 Å². The van der Waals surface area contributed by atoms with Crippen molar-refractivity contribution in [3.63, 3.8) is 0 Å². The third kappa shape index (κ3) is 4.15. The molecule has 156 valence electrons. The van der Waals surface area contributed by atoms with Crippen LogP contribution in [-0.2, 0) is 0 Å². The van der Waals surface area contributed by atoms with E-state index in [-0.39, 0.29) is 5.56 Å². The highest BCUT2D eigenvalue weighted by molar-refractivity contribution is 5.85. The first-order valence-electron chi connectivity index (χ1n) is 10.5. The number of anilines is 1. The molecule has 3 heterocycles. The Morgan fingerprint density at radius 2 is 1.71 bits per heavy atom. The normalized spacial score (nSPS) is 14.7. The molecule has 0 unspecified atom stereocenters. The molecule has 6 nitrogen and oxygen atoms in total. The minimum atomic E-state index is -0.184. The molecule has 1 fully saturated rings. The Bertz CT molecular complexity index is 1280. The number of aromatic nitrogens is 2. The summed E-state index contributed by atoms with van der Waals surface area (Å²) >= 11 is 0. The average molecular weight is 412 g/mol. The number of fused-ring (bicyclic) bond motifs is 1. The molecule has 0 bridgehead atoms. The number of likely N-dealkylation sites (N-methyl/N-ethyl adjacent to an activating group) is 1. The molecule has 2 aromatic heterocycles. The third-order valence-electron chi connectivity index (χ3n) is 5.68. The zero-order valence-corrected chi connectivity index (χ0v) is 17.4. The van der Waals surface area contributed by atoms with Crippen LogP contribution in [0.1, 0.15) is 0 Å². The van der Waals surface area contributed by atoms with Crippen LogP contribution >= 0.6 is 0 Å². The van der Waals surface area contributed by atoms with E-state index in [1.807, 2.05) is 54.7 Å². The number of rotatable bonds is 4. The van der Waals surface area contributed by atoms with E-state index in [1.54, 1.807) is 0 Å². The molecule has 1 saturated heterocycles. The van der Waals surface area contributed by atoms with Gasteiger partial charge < -0.3 is 19.5 Å². The lowest BCUT2D eigenvalue weighted by molar-refractivity contribution is 0.312. The SMILES string of the molecule is CN1CCN(c2cc(-c3cccc(Oc4cc(=O)[nH]c5ccccc45)c3)ccn2)CC1. The van der Waals surface area contributed by atoms with Gasteiger partial charge in [0, 0.05) is 43.8 Å². The van der Waals surface area contributed by atoms with E-state index >= 15 is 0 Å². The zero-order valence-electron chi connectivity index (χ0n) is 17.4. The number of piperazine rings is 1. The number of nitrogens with zero attached hydrogens (tertiary/aromatic N) is 3. The molecular weight excluding hydrogens is 388 g/mol. The Balaban J connectivity index is 1.44. The van der Waals surface area contributed by atoms with Crippen molar-refractivity contribution in [2.24, 2.45) is 0 Å².